The number of rotatable bonds is 5. The van der Waals surface area contributed by atoms with Gasteiger partial charge in [-0.2, -0.15) is 0 Å². The number of benzene rings is 1. The Kier molecular flexibility index (Phi) is 3.94. The molecule has 5 heteroatoms. The summed E-state index contributed by atoms with van der Waals surface area (Å²) < 4.78 is 11.0. The summed E-state index contributed by atoms with van der Waals surface area (Å²) in [7, 11) is 0. The molecule has 1 unspecified atom stereocenters. The smallest absolute Gasteiger partial charge is 0.216 e. The van der Waals surface area contributed by atoms with Crippen molar-refractivity contribution in [2.75, 3.05) is 17.7 Å². The van der Waals surface area contributed by atoms with Crippen LogP contribution in [0.4, 0.5) is 11.4 Å². The maximum absolute atomic E-state index is 5.84. The first-order chi connectivity index (χ1) is 9.10. The first kappa shape index (κ1) is 13.3. The molecule has 0 radical (unpaired) electrons. The molecule has 0 amide bonds. The molecule has 1 heterocycles. The van der Waals surface area contributed by atoms with Crippen LogP contribution in [-0.2, 0) is 0 Å². The summed E-state index contributed by atoms with van der Waals surface area (Å²) in [5, 5.41) is 3.31. The number of nitrogen functional groups attached to an aromatic ring is 1. The molecule has 1 atom stereocenters. The van der Waals surface area contributed by atoms with Gasteiger partial charge in [0.05, 0.1) is 18.5 Å². The van der Waals surface area contributed by atoms with Gasteiger partial charge in [0, 0.05) is 11.8 Å². The van der Waals surface area contributed by atoms with Crippen LogP contribution in [-0.4, -0.2) is 11.6 Å². The van der Waals surface area contributed by atoms with Crippen molar-refractivity contribution in [3.63, 3.8) is 0 Å². The molecular weight excluding hydrogens is 242 g/mol. The van der Waals surface area contributed by atoms with E-state index in [9.17, 15) is 0 Å². The summed E-state index contributed by atoms with van der Waals surface area (Å²) in [6.45, 7) is 6.38. The molecule has 1 aromatic heterocycles. The number of anilines is 2. The van der Waals surface area contributed by atoms with E-state index in [0.29, 0.717) is 23.9 Å². The number of aromatic nitrogens is 1. The molecule has 3 N–H and O–H groups in total. The van der Waals surface area contributed by atoms with Crippen molar-refractivity contribution in [3.8, 4) is 5.75 Å². The number of nitrogens with zero attached hydrogens (tertiary/aromatic N) is 1. The molecule has 0 aliphatic carbocycles. The van der Waals surface area contributed by atoms with Gasteiger partial charge >= 0.3 is 0 Å². The molecule has 2 aromatic rings. The van der Waals surface area contributed by atoms with Crippen LogP contribution in [0.15, 0.2) is 28.8 Å². The van der Waals surface area contributed by atoms with Gasteiger partial charge < -0.3 is 20.2 Å². The Labute approximate surface area is 112 Å². The molecule has 102 valence electrons. The molecule has 0 fully saturated rings. The van der Waals surface area contributed by atoms with E-state index in [2.05, 4.69) is 10.3 Å². The maximum Gasteiger partial charge on any atom is 0.216 e. The SMILES string of the molecule is CCOc1cc(NC(C)c2ncc(C)o2)ccc1N. The molecule has 0 saturated heterocycles. The third-order valence-electron chi connectivity index (χ3n) is 2.71. The van der Waals surface area contributed by atoms with E-state index in [-0.39, 0.29) is 6.04 Å². The van der Waals surface area contributed by atoms with E-state index < -0.39 is 0 Å². The lowest BCUT2D eigenvalue weighted by molar-refractivity contribution is 0.342. The number of hydrogen-bond acceptors (Lipinski definition) is 5. The lowest BCUT2D eigenvalue weighted by atomic mass is 10.2. The van der Waals surface area contributed by atoms with Crippen LogP contribution < -0.4 is 15.8 Å². The highest BCUT2D eigenvalue weighted by Gasteiger charge is 2.12. The normalized spacial score (nSPS) is 12.2. The van der Waals surface area contributed by atoms with Crippen molar-refractivity contribution < 1.29 is 9.15 Å². The van der Waals surface area contributed by atoms with Crippen molar-refractivity contribution >= 4 is 11.4 Å². The largest absolute Gasteiger partial charge is 0.492 e. The second-order valence-corrected chi connectivity index (χ2v) is 4.36. The summed E-state index contributed by atoms with van der Waals surface area (Å²) >= 11 is 0. The molecule has 0 bridgehead atoms. The minimum Gasteiger partial charge on any atom is -0.492 e. The van der Waals surface area contributed by atoms with Crippen molar-refractivity contribution in [1.82, 2.24) is 4.98 Å². The quantitative estimate of drug-likeness (QED) is 0.809. The highest BCUT2D eigenvalue weighted by Crippen LogP contribution is 2.27. The molecular formula is C14H19N3O2. The third-order valence-corrected chi connectivity index (χ3v) is 2.71. The molecule has 2 rings (SSSR count). The average molecular weight is 261 g/mol. The first-order valence-corrected chi connectivity index (χ1v) is 6.31. The van der Waals surface area contributed by atoms with Crippen LogP contribution in [0.1, 0.15) is 31.5 Å². The second-order valence-electron chi connectivity index (χ2n) is 4.36. The Morgan fingerprint density at radius 2 is 2.26 bits per heavy atom. The Morgan fingerprint density at radius 3 is 2.89 bits per heavy atom. The van der Waals surface area contributed by atoms with E-state index in [1.165, 1.54) is 0 Å². The van der Waals surface area contributed by atoms with Crippen LogP contribution >= 0.6 is 0 Å². The van der Waals surface area contributed by atoms with E-state index in [1.54, 1.807) is 6.20 Å². The fourth-order valence-corrected chi connectivity index (χ4v) is 1.79. The number of hydrogen-bond donors (Lipinski definition) is 2. The molecule has 19 heavy (non-hydrogen) atoms. The second kappa shape index (κ2) is 5.65. The number of nitrogens with one attached hydrogen (secondary N) is 1. The predicted molar refractivity (Wildman–Crippen MR) is 75.3 cm³/mol. The minimum atomic E-state index is -0.0215. The third kappa shape index (κ3) is 3.19. The van der Waals surface area contributed by atoms with Crippen molar-refractivity contribution in [1.29, 1.82) is 0 Å². The zero-order valence-corrected chi connectivity index (χ0v) is 11.4. The molecule has 0 aliphatic heterocycles. The predicted octanol–water partition coefficient (Wildman–Crippen LogP) is 3.14. The van der Waals surface area contributed by atoms with Gasteiger partial charge in [0.1, 0.15) is 17.6 Å². The summed E-state index contributed by atoms with van der Waals surface area (Å²) in [4.78, 5) is 4.20. The van der Waals surface area contributed by atoms with Crippen LogP contribution in [0.5, 0.6) is 5.75 Å². The van der Waals surface area contributed by atoms with Gasteiger partial charge in [-0.05, 0) is 32.9 Å². The van der Waals surface area contributed by atoms with E-state index in [0.717, 1.165) is 11.4 Å². The van der Waals surface area contributed by atoms with Gasteiger partial charge in [0.25, 0.3) is 0 Å². The lowest BCUT2D eigenvalue weighted by Gasteiger charge is -2.14. The van der Waals surface area contributed by atoms with E-state index in [1.807, 2.05) is 39.0 Å². The topological polar surface area (TPSA) is 73.3 Å². The Hall–Kier alpha value is -2.17. The lowest BCUT2D eigenvalue weighted by Crippen LogP contribution is -2.07. The number of ether oxygens (including phenoxy) is 1. The highest BCUT2D eigenvalue weighted by molar-refractivity contribution is 5.61. The summed E-state index contributed by atoms with van der Waals surface area (Å²) in [5.41, 5.74) is 7.39. The Balaban J connectivity index is 2.12. The minimum absolute atomic E-state index is 0.0215. The van der Waals surface area contributed by atoms with Crippen LogP contribution in [0.3, 0.4) is 0 Å². The van der Waals surface area contributed by atoms with Gasteiger partial charge in [0.15, 0.2) is 0 Å². The monoisotopic (exact) mass is 261 g/mol. The molecule has 0 saturated carbocycles. The summed E-state index contributed by atoms with van der Waals surface area (Å²) in [6, 6.07) is 5.59. The van der Waals surface area contributed by atoms with Gasteiger partial charge in [-0.15, -0.1) is 0 Å². The zero-order chi connectivity index (χ0) is 13.8. The standard InChI is InChI=1S/C14H19N3O2/c1-4-18-13-7-11(5-6-12(13)15)17-10(3)14-16-8-9(2)19-14/h5-8,10,17H,4,15H2,1-3H3. The van der Waals surface area contributed by atoms with Crippen LogP contribution in [0, 0.1) is 6.92 Å². The fraction of sp³-hybridized carbons (Fsp3) is 0.357. The summed E-state index contributed by atoms with van der Waals surface area (Å²) in [6.07, 6.45) is 1.71. The van der Waals surface area contributed by atoms with Crippen molar-refractivity contribution in [2.24, 2.45) is 0 Å². The maximum atomic E-state index is 5.84. The number of aryl methyl sites for hydroxylation is 1. The van der Waals surface area contributed by atoms with Gasteiger partial charge in [-0.1, -0.05) is 0 Å². The zero-order valence-electron chi connectivity index (χ0n) is 11.4. The number of oxazole rings is 1. The Bertz CT molecular complexity index is 551. The molecule has 1 aromatic carbocycles. The van der Waals surface area contributed by atoms with Crippen LogP contribution in [0.2, 0.25) is 0 Å². The van der Waals surface area contributed by atoms with Crippen molar-refractivity contribution in [3.05, 3.63) is 36.0 Å². The van der Waals surface area contributed by atoms with Gasteiger partial charge in [-0.25, -0.2) is 4.98 Å². The van der Waals surface area contributed by atoms with Gasteiger partial charge in [0.2, 0.25) is 5.89 Å². The van der Waals surface area contributed by atoms with Gasteiger partial charge in [-0.3, -0.25) is 0 Å². The molecule has 0 spiro atoms. The first-order valence-electron chi connectivity index (χ1n) is 6.31. The van der Waals surface area contributed by atoms with E-state index >= 15 is 0 Å². The average Bonchev–Trinajstić information content (AvgIpc) is 2.80. The van der Waals surface area contributed by atoms with Crippen molar-refractivity contribution in [2.45, 2.75) is 26.8 Å². The molecule has 5 nitrogen and oxygen atoms in total. The number of nitrogens with two attached hydrogens (primary N) is 1. The fourth-order valence-electron chi connectivity index (χ4n) is 1.79. The van der Waals surface area contributed by atoms with Crippen LogP contribution in [0.25, 0.3) is 0 Å². The highest BCUT2D eigenvalue weighted by atomic mass is 16.5. The van der Waals surface area contributed by atoms with E-state index in [4.69, 9.17) is 14.9 Å². The Morgan fingerprint density at radius 1 is 1.47 bits per heavy atom. The molecule has 0 aliphatic rings. The summed E-state index contributed by atoms with van der Waals surface area (Å²) in [5.74, 6) is 2.14.